The van der Waals surface area contributed by atoms with Crippen molar-refractivity contribution in [3.8, 4) is 5.88 Å². The molecule has 3 aromatic heterocycles. The Morgan fingerprint density at radius 1 is 1.04 bits per heavy atom. The Labute approximate surface area is 149 Å². The zero-order chi connectivity index (χ0) is 17.3. The number of para-hydroxylation sites is 1. The van der Waals surface area contributed by atoms with E-state index in [0.29, 0.717) is 17.5 Å². The van der Waals surface area contributed by atoms with Crippen LogP contribution in [0.4, 0.5) is 11.6 Å². The molecule has 0 amide bonds. The second-order valence-corrected chi connectivity index (χ2v) is 6.48. The van der Waals surface area contributed by atoms with Crippen LogP contribution >= 0.6 is 0 Å². The molecule has 4 aromatic rings. The average molecular weight is 346 g/mol. The topological polar surface area (TPSA) is 88.6 Å². The van der Waals surface area contributed by atoms with E-state index in [4.69, 9.17) is 4.74 Å². The zero-order valence-electron chi connectivity index (χ0n) is 14.1. The van der Waals surface area contributed by atoms with Gasteiger partial charge in [0.05, 0.1) is 17.5 Å². The predicted molar refractivity (Wildman–Crippen MR) is 99.6 cm³/mol. The maximum atomic E-state index is 6.13. The van der Waals surface area contributed by atoms with Gasteiger partial charge in [-0.1, -0.05) is 18.2 Å². The van der Waals surface area contributed by atoms with E-state index < -0.39 is 0 Å². The molecule has 0 unspecified atom stereocenters. The van der Waals surface area contributed by atoms with Crippen LogP contribution in [-0.2, 0) is 0 Å². The van der Waals surface area contributed by atoms with Crippen molar-refractivity contribution >= 4 is 33.7 Å². The molecule has 1 saturated carbocycles. The third-order valence-corrected chi connectivity index (χ3v) is 4.71. The van der Waals surface area contributed by atoms with E-state index in [1.165, 1.54) is 12.8 Å². The van der Waals surface area contributed by atoms with Crippen molar-refractivity contribution in [1.82, 2.24) is 24.9 Å². The molecule has 26 heavy (non-hydrogen) atoms. The normalized spacial score (nSPS) is 14.9. The zero-order valence-corrected chi connectivity index (χ0v) is 14.1. The van der Waals surface area contributed by atoms with Gasteiger partial charge in [0, 0.05) is 11.6 Å². The van der Waals surface area contributed by atoms with Crippen LogP contribution in [0.5, 0.6) is 5.88 Å². The summed E-state index contributed by atoms with van der Waals surface area (Å²) < 4.78 is 6.13. The van der Waals surface area contributed by atoms with Gasteiger partial charge in [-0.3, -0.25) is 4.98 Å². The summed E-state index contributed by atoms with van der Waals surface area (Å²) in [7, 11) is 0. The summed E-state index contributed by atoms with van der Waals surface area (Å²) in [6.07, 6.45) is 8.14. The van der Waals surface area contributed by atoms with Gasteiger partial charge in [0.25, 0.3) is 0 Å². The number of hydrogen-bond donors (Lipinski definition) is 2. The number of pyridine rings is 1. The highest BCUT2D eigenvalue weighted by Crippen LogP contribution is 2.29. The molecule has 3 heterocycles. The number of benzene rings is 1. The number of imidazole rings is 1. The molecule has 0 radical (unpaired) electrons. The molecule has 0 aliphatic heterocycles. The smallest absolute Gasteiger partial charge is 0.245 e. The van der Waals surface area contributed by atoms with Gasteiger partial charge in [0.1, 0.15) is 11.6 Å². The van der Waals surface area contributed by atoms with Crippen LogP contribution in [0.1, 0.15) is 25.7 Å². The van der Waals surface area contributed by atoms with Crippen molar-refractivity contribution in [2.75, 3.05) is 5.32 Å². The fourth-order valence-electron chi connectivity index (χ4n) is 3.44. The molecule has 0 bridgehead atoms. The van der Waals surface area contributed by atoms with E-state index in [1.54, 1.807) is 12.5 Å². The van der Waals surface area contributed by atoms with Crippen LogP contribution in [0, 0.1) is 0 Å². The average Bonchev–Trinajstić information content (AvgIpc) is 3.34. The van der Waals surface area contributed by atoms with Crippen molar-refractivity contribution in [1.29, 1.82) is 0 Å². The number of nitrogens with one attached hydrogen (secondary N) is 2. The number of fused-ring (bicyclic) bond motifs is 2. The summed E-state index contributed by atoms with van der Waals surface area (Å²) in [5.74, 6) is 1.01. The second-order valence-electron chi connectivity index (χ2n) is 6.48. The third-order valence-electron chi connectivity index (χ3n) is 4.71. The van der Waals surface area contributed by atoms with Gasteiger partial charge in [0.15, 0.2) is 5.65 Å². The molecule has 7 heteroatoms. The predicted octanol–water partition coefficient (Wildman–Crippen LogP) is 3.97. The van der Waals surface area contributed by atoms with E-state index in [0.717, 1.165) is 34.9 Å². The van der Waals surface area contributed by atoms with E-state index in [-0.39, 0.29) is 6.10 Å². The maximum Gasteiger partial charge on any atom is 0.245 e. The molecule has 2 N–H and O–H groups in total. The molecule has 0 saturated heterocycles. The van der Waals surface area contributed by atoms with E-state index in [1.807, 2.05) is 30.3 Å². The number of rotatable bonds is 4. The lowest BCUT2D eigenvalue weighted by Crippen LogP contribution is -2.13. The Morgan fingerprint density at radius 3 is 2.85 bits per heavy atom. The standard InChI is InChI=1S/C19H18N6O/c1-2-8-13(7-1)26-18-16-17(22-11-21-16)24-19(25-18)23-14-9-3-5-12-6-4-10-20-15(12)14/h3-6,9-11,13H,1-2,7-8H2,(H2,21,22,23,24,25). The van der Waals surface area contributed by atoms with E-state index in [9.17, 15) is 0 Å². The SMILES string of the molecule is c1cnc2c(Nc3nc(OC4CCCC4)c4[nH]cnc4n3)cccc2c1. The maximum absolute atomic E-state index is 6.13. The van der Waals surface area contributed by atoms with Crippen LogP contribution < -0.4 is 10.1 Å². The minimum Gasteiger partial charge on any atom is -0.473 e. The lowest BCUT2D eigenvalue weighted by atomic mass is 10.2. The highest BCUT2D eigenvalue weighted by atomic mass is 16.5. The number of anilines is 2. The fraction of sp³-hybridized carbons (Fsp3) is 0.263. The minimum atomic E-state index is 0.212. The number of ether oxygens (including phenoxy) is 1. The van der Waals surface area contributed by atoms with Crippen LogP contribution in [0.3, 0.4) is 0 Å². The molecular formula is C19H18N6O. The van der Waals surface area contributed by atoms with Gasteiger partial charge in [-0.05, 0) is 37.8 Å². The Morgan fingerprint density at radius 2 is 1.92 bits per heavy atom. The third kappa shape index (κ3) is 2.71. The Balaban J connectivity index is 1.54. The van der Waals surface area contributed by atoms with Crippen LogP contribution in [-0.4, -0.2) is 31.0 Å². The van der Waals surface area contributed by atoms with Gasteiger partial charge >= 0.3 is 0 Å². The Hall–Kier alpha value is -3.22. The molecule has 1 aromatic carbocycles. The molecule has 0 spiro atoms. The molecule has 1 aliphatic carbocycles. The summed E-state index contributed by atoms with van der Waals surface area (Å²) in [5, 5.41) is 4.33. The molecule has 1 fully saturated rings. The number of aromatic nitrogens is 5. The minimum absolute atomic E-state index is 0.212. The van der Waals surface area contributed by atoms with Gasteiger partial charge in [-0.15, -0.1) is 0 Å². The summed E-state index contributed by atoms with van der Waals surface area (Å²) >= 11 is 0. The van der Waals surface area contributed by atoms with Gasteiger partial charge in [-0.2, -0.15) is 9.97 Å². The number of hydrogen-bond acceptors (Lipinski definition) is 6. The van der Waals surface area contributed by atoms with E-state index in [2.05, 4.69) is 30.2 Å². The van der Waals surface area contributed by atoms with Crippen molar-refractivity contribution in [3.05, 3.63) is 42.9 Å². The first-order valence-corrected chi connectivity index (χ1v) is 8.85. The number of H-pyrrole nitrogens is 1. The summed E-state index contributed by atoms with van der Waals surface area (Å²) in [5.41, 5.74) is 3.05. The van der Waals surface area contributed by atoms with Gasteiger partial charge in [-0.25, -0.2) is 4.98 Å². The number of nitrogens with zero attached hydrogens (tertiary/aromatic N) is 4. The quantitative estimate of drug-likeness (QED) is 0.581. The van der Waals surface area contributed by atoms with Gasteiger partial charge < -0.3 is 15.0 Å². The van der Waals surface area contributed by atoms with Crippen molar-refractivity contribution in [2.24, 2.45) is 0 Å². The first-order valence-electron chi connectivity index (χ1n) is 8.85. The molecule has 7 nitrogen and oxygen atoms in total. The first kappa shape index (κ1) is 15.1. The summed E-state index contributed by atoms with van der Waals surface area (Å²) in [6.45, 7) is 0. The van der Waals surface area contributed by atoms with Crippen LogP contribution in [0.15, 0.2) is 42.9 Å². The summed E-state index contributed by atoms with van der Waals surface area (Å²) in [6, 6.07) is 9.92. The summed E-state index contributed by atoms with van der Waals surface area (Å²) in [4.78, 5) is 20.9. The Kier molecular flexibility index (Phi) is 3.62. The molecule has 130 valence electrons. The van der Waals surface area contributed by atoms with Crippen LogP contribution in [0.25, 0.3) is 22.1 Å². The second kappa shape index (κ2) is 6.25. The fourth-order valence-corrected chi connectivity index (χ4v) is 3.44. The first-order chi connectivity index (χ1) is 12.9. The van der Waals surface area contributed by atoms with Crippen molar-refractivity contribution in [3.63, 3.8) is 0 Å². The molecule has 1 aliphatic rings. The molecule has 0 atom stereocenters. The van der Waals surface area contributed by atoms with Crippen molar-refractivity contribution in [2.45, 2.75) is 31.8 Å². The monoisotopic (exact) mass is 346 g/mol. The lowest BCUT2D eigenvalue weighted by Gasteiger charge is -2.14. The van der Waals surface area contributed by atoms with Crippen molar-refractivity contribution < 1.29 is 4.74 Å². The van der Waals surface area contributed by atoms with E-state index >= 15 is 0 Å². The highest BCUT2D eigenvalue weighted by Gasteiger charge is 2.20. The lowest BCUT2D eigenvalue weighted by molar-refractivity contribution is 0.204. The Bertz CT molecular complexity index is 1060. The largest absolute Gasteiger partial charge is 0.473 e. The molecule has 5 rings (SSSR count). The highest BCUT2D eigenvalue weighted by molar-refractivity contribution is 5.91. The van der Waals surface area contributed by atoms with Gasteiger partial charge in [0.2, 0.25) is 11.8 Å². The number of aromatic amines is 1. The van der Waals surface area contributed by atoms with Crippen LogP contribution in [0.2, 0.25) is 0 Å². The molecular weight excluding hydrogens is 328 g/mol.